The van der Waals surface area contributed by atoms with Gasteiger partial charge in [0, 0.05) is 10.0 Å². The maximum Gasteiger partial charge on any atom is 0.211 e. The van der Waals surface area contributed by atoms with Crippen LogP contribution in [0.3, 0.4) is 0 Å². The van der Waals surface area contributed by atoms with Gasteiger partial charge in [0.1, 0.15) is 5.84 Å². The molecule has 126 valence electrons. The van der Waals surface area contributed by atoms with Crippen molar-refractivity contribution in [3.8, 4) is 11.4 Å². The number of nitrogens with one attached hydrogen (secondary N) is 1. The normalized spacial score (nSPS) is 15.1. The predicted molar refractivity (Wildman–Crippen MR) is 106 cm³/mol. The van der Waals surface area contributed by atoms with Gasteiger partial charge in [0.15, 0.2) is 5.82 Å². The second kappa shape index (κ2) is 6.65. The van der Waals surface area contributed by atoms with E-state index in [-0.39, 0.29) is 0 Å². The van der Waals surface area contributed by atoms with Crippen molar-refractivity contribution >= 4 is 39.2 Å². The first kappa shape index (κ1) is 16.4. The fourth-order valence-electron chi connectivity index (χ4n) is 2.71. The molecule has 7 heteroatoms. The number of thioether (sulfide) groups is 1. The molecule has 1 N–H and O–H groups in total. The highest BCUT2D eigenvalue weighted by Gasteiger charge is 2.22. The molecule has 0 saturated carbocycles. The van der Waals surface area contributed by atoms with Crippen molar-refractivity contribution in [1.82, 2.24) is 14.9 Å². The third-order valence-electron chi connectivity index (χ3n) is 3.93. The van der Waals surface area contributed by atoms with Gasteiger partial charge in [0.05, 0.1) is 11.4 Å². The number of hydrogen-bond donors (Lipinski definition) is 1. The molecule has 0 bridgehead atoms. The second-order valence-corrected chi connectivity index (χ2v) is 7.67. The van der Waals surface area contributed by atoms with Crippen LogP contribution in [0.4, 0.5) is 5.69 Å². The average Bonchev–Trinajstić information content (AvgIpc) is 3.01. The molecule has 5 nitrogen and oxygen atoms in total. The molecule has 1 aromatic heterocycles. The highest BCUT2D eigenvalue weighted by Crippen LogP contribution is 2.31. The van der Waals surface area contributed by atoms with Gasteiger partial charge in [-0.1, -0.05) is 57.5 Å². The van der Waals surface area contributed by atoms with E-state index >= 15 is 0 Å². The van der Waals surface area contributed by atoms with E-state index in [0.29, 0.717) is 0 Å². The van der Waals surface area contributed by atoms with Crippen LogP contribution >= 0.6 is 27.7 Å². The van der Waals surface area contributed by atoms with E-state index in [2.05, 4.69) is 63.6 Å². The van der Waals surface area contributed by atoms with E-state index in [0.717, 1.165) is 38.3 Å². The molecule has 2 heterocycles. The molecule has 2 aromatic carbocycles. The number of fused-ring (bicyclic) bond motifs is 1. The zero-order valence-electron chi connectivity index (χ0n) is 13.8. The fraction of sp³-hybridized carbons (Fsp3) is 0.167. The molecule has 0 radical (unpaired) electrons. The molecule has 1 aliphatic heterocycles. The van der Waals surface area contributed by atoms with Crippen LogP contribution in [0.15, 0.2) is 57.1 Å². The van der Waals surface area contributed by atoms with Crippen LogP contribution < -0.4 is 5.43 Å². The summed E-state index contributed by atoms with van der Waals surface area (Å²) in [5.74, 6) is 2.39. The van der Waals surface area contributed by atoms with Gasteiger partial charge < -0.3 is 0 Å². The topological polar surface area (TPSA) is 55.1 Å². The lowest BCUT2D eigenvalue weighted by molar-refractivity contribution is 0.826. The standard InChI is InChI=1S/C18H16BrN5S/c1-11-7-8-15(12(2)9-11)20-16-10-25-18-22-21-17(24(18)23-16)13-5-3-4-6-14(13)19/h3-9H,10H2,1-2H3,(H,20,23). The first-order valence-electron chi connectivity index (χ1n) is 7.87. The highest BCUT2D eigenvalue weighted by molar-refractivity contribution is 9.10. The van der Waals surface area contributed by atoms with Gasteiger partial charge in [-0.25, -0.2) is 9.67 Å². The number of aliphatic imine (C=N–C) groups is 1. The molecule has 0 aliphatic carbocycles. The third kappa shape index (κ3) is 3.21. The minimum Gasteiger partial charge on any atom is -0.276 e. The maximum absolute atomic E-state index is 4.79. The number of aryl methyl sites for hydroxylation is 2. The van der Waals surface area contributed by atoms with Gasteiger partial charge in [0.25, 0.3) is 0 Å². The summed E-state index contributed by atoms with van der Waals surface area (Å²) >= 11 is 5.21. The molecular weight excluding hydrogens is 398 g/mol. The van der Waals surface area contributed by atoms with Gasteiger partial charge >= 0.3 is 0 Å². The summed E-state index contributed by atoms with van der Waals surface area (Å²) in [5, 5.41) is 9.46. The SMILES string of the molecule is Cc1ccc(N=C2CSc3nnc(-c4ccccc4Br)n3N2)c(C)c1. The van der Waals surface area contributed by atoms with E-state index < -0.39 is 0 Å². The molecule has 0 spiro atoms. The number of amidine groups is 1. The Morgan fingerprint density at radius 3 is 2.80 bits per heavy atom. The quantitative estimate of drug-likeness (QED) is 0.660. The first-order valence-corrected chi connectivity index (χ1v) is 9.64. The minimum absolute atomic E-state index is 0.738. The lowest BCUT2D eigenvalue weighted by Gasteiger charge is -2.19. The van der Waals surface area contributed by atoms with Crippen molar-refractivity contribution in [2.24, 2.45) is 4.99 Å². The zero-order chi connectivity index (χ0) is 17.4. The Bertz CT molecular complexity index is 979. The van der Waals surface area contributed by atoms with Crippen LogP contribution in [-0.2, 0) is 0 Å². The molecule has 0 fully saturated rings. The lowest BCUT2D eigenvalue weighted by Crippen LogP contribution is -2.30. The molecular formula is C18H16BrN5S. The van der Waals surface area contributed by atoms with Gasteiger partial charge in [-0.2, -0.15) is 0 Å². The summed E-state index contributed by atoms with van der Waals surface area (Å²) < 4.78 is 2.88. The molecule has 0 saturated heterocycles. The molecule has 1 aliphatic rings. The molecule has 0 amide bonds. The number of halogens is 1. The molecule has 0 unspecified atom stereocenters. The smallest absolute Gasteiger partial charge is 0.211 e. The molecule has 0 atom stereocenters. The van der Waals surface area contributed by atoms with Crippen molar-refractivity contribution < 1.29 is 0 Å². The monoisotopic (exact) mass is 413 g/mol. The minimum atomic E-state index is 0.738. The van der Waals surface area contributed by atoms with Crippen molar-refractivity contribution in [3.63, 3.8) is 0 Å². The van der Waals surface area contributed by atoms with E-state index in [9.17, 15) is 0 Å². The van der Waals surface area contributed by atoms with Gasteiger partial charge in [-0.3, -0.25) is 5.43 Å². The third-order valence-corrected chi connectivity index (χ3v) is 5.57. The van der Waals surface area contributed by atoms with Gasteiger partial charge in [0.2, 0.25) is 5.16 Å². The van der Waals surface area contributed by atoms with Crippen LogP contribution in [0.2, 0.25) is 0 Å². The van der Waals surface area contributed by atoms with E-state index in [1.807, 2.05) is 28.9 Å². The Kier molecular flexibility index (Phi) is 4.35. The van der Waals surface area contributed by atoms with E-state index in [1.54, 1.807) is 11.8 Å². The Morgan fingerprint density at radius 2 is 2.00 bits per heavy atom. The summed E-state index contributed by atoms with van der Waals surface area (Å²) in [4.78, 5) is 4.79. The average molecular weight is 414 g/mol. The maximum atomic E-state index is 4.79. The van der Waals surface area contributed by atoms with Crippen molar-refractivity contribution in [2.75, 3.05) is 11.2 Å². The largest absolute Gasteiger partial charge is 0.276 e. The second-order valence-electron chi connectivity index (χ2n) is 5.87. The van der Waals surface area contributed by atoms with Crippen LogP contribution in [0.5, 0.6) is 0 Å². The number of aromatic nitrogens is 3. The summed E-state index contributed by atoms with van der Waals surface area (Å²) in [6.45, 7) is 4.17. The summed E-state index contributed by atoms with van der Waals surface area (Å²) in [5.41, 5.74) is 7.74. The number of benzene rings is 2. The van der Waals surface area contributed by atoms with Gasteiger partial charge in [-0.15, -0.1) is 10.2 Å². The lowest BCUT2D eigenvalue weighted by atomic mass is 10.1. The Morgan fingerprint density at radius 1 is 1.16 bits per heavy atom. The van der Waals surface area contributed by atoms with Crippen LogP contribution in [0, 0.1) is 13.8 Å². The molecule has 4 rings (SSSR count). The van der Waals surface area contributed by atoms with Crippen molar-refractivity contribution in [3.05, 3.63) is 58.1 Å². The van der Waals surface area contributed by atoms with Crippen LogP contribution in [-0.4, -0.2) is 26.5 Å². The summed E-state index contributed by atoms with van der Waals surface area (Å²) in [7, 11) is 0. The van der Waals surface area contributed by atoms with Crippen molar-refractivity contribution in [1.29, 1.82) is 0 Å². The number of rotatable bonds is 2. The summed E-state index contributed by atoms with van der Waals surface area (Å²) in [6, 6.07) is 14.3. The van der Waals surface area contributed by atoms with E-state index in [4.69, 9.17) is 4.99 Å². The van der Waals surface area contributed by atoms with Crippen LogP contribution in [0.1, 0.15) is 11.1 Å². The number of hydrogen-bond acceptors (Lipinski definition) is 4. The highest BCUT2D eigenvalue weighted by atomic mass is 79.9. The van der Waals surface area contributed by atoms with Crippen LogP contribution in [0.25, 0.3) is 11.4 Å². The predicted octanol–water partition coefficient (Wildman–Crippen LogP) is 4.70. The Hall–Kier alpha value is -2.12. The first-order chi connectivity index (χ1) is 12.1. The Balaban J connectivity index is 1.70. The van der Waals surface area contributed by atoms with Gasteiger partial charge in [-0.05, 0) is 37.6 Å². The molecule has 25 heavy (non-hydrogen) atoms. The summed E-state index contributed by atoms with van der Waals surface area (Å²) in [6.07, 6.45) is 0. The van der Waals surface area contributed by atoms with E-state index in [1.165, 1.54) is 11.1 Å². The van der Waals surface area contributed by atoms with Crippen molar-refractivity contribution in [2.45, 2.75) is 19.0 Å². The number of nitrogens with zero attached hydrogens (tertiary/aromatic N) is 4. The molecule has 3 aromatic rings. The zero-order valence-corrected chi connectivity index (χ0v) is 16.2. The fourth-order valence-corrected chi connectivity index (χ4v) is 3.93. The Labute approximate surface area is 158 Å².